The second-order valence-corrected chi connectivity index (χ2v) is 6.67. The number of aliphatic hydroxyl groups is 1. The summed E-state index contributed by atoms with van der Waals surface area (Å²) in [5.41, 5.74) is -0.235. The summed E-state index contributed by atoms with van der Waals surface area (Å²) >= 11 is 0. The highest BCUT2D eigenvalue weighted by molar-refractivity contribution is 6.46. The number of carbonyl (C=O) groups excluding carboxylic acids is 2. The maximum atomic E-state index is 12.8. The smallest absolute Gasteiger partial charge is 0.303 e. The number of aliphatic hydroxyl groups excluding tert-OH is 1. The van der Waals surface area contributed by atoms with Crippen LogP contribution in [0.5, 0.6) is 0 Å². The van der Waals surface area contributed by atoms with Gasteiger partial charge in [-0.25, -0.2) is 0 Å². The van der Waals surface area contributed by atoms with Crippen LogP contribution in [0.25, 0.3) is 5.76 Å². The lowest BCUT2D eigenvalue weighted by molar-refractivity contribution is -0.385. The van der Waals surface area contributed by atoms with Gasteiger partial charge in [-0.2, -0.15) is 0 Å². The van der Waals surface area contributed by atoms with E-state index in [1.54, 1.807) is 30.3 Å². The van der Waals surface area contributed by atoms with Crippen molar-refractivity contribution in [2.45, 2.75) is 18.9 Å². The molecule has 2 aromatic carbocycles. The Bertz CT molecular complexity index is 1050. The number of ketones is 1. The highest BCUT2D eigenvalue weighted by atomic mass is 16.6. The van der Waals surface area contributed by atoms with Crippen LogP contribution in [0, 0.1) is 10.1 Å². The van der Waals surface area contributed by atoms with Gasteiger partial charge in [0.15, 0.2) is 0 Å². The van der Waals surface area contributed by atoms with Crippen LogP contribution in [0.3, 0.4) is 0 Å². The Balaban J connectivity index is 2.18. The molecule has 0 aliphatic carbocycles. The SMILES string of the molecule is O=C(O)CCCN1C(=O)C(=O)C(=C(O)c2ccccc2)[C@@H]1c1ccccc1[N+](=O)[O-]. The number of Topliss-reactive ketones (excluding diaryl/α,β-unsaturated/α-hetero) is 1. The molecule has 2 N–H and O–H groups in total. The van der Waals surface area contributed by atoms with Crippen molar-refractivity contribution in [3.63, 3.8) is 0 Å². The third-order valence-corrected chi connectivity index (χ3v) is 4.80. The number of rotatable bonds is 7. The molecule has 1 saturated heterocycles. The number of amides is 1. The van der Waals surface area contributed by atoms with Gasteiger partial charge in [-0.15, -0.1) is 0 Å². The van der Waals surface area contributed by atoms with E-state index in [0.29, 0.717) is 0 Å². The molecule has 3 rings (SSSR count). The molecule has 1 heterocycles. The minimum Gasteiger partial charge on any atom is -0.507 e. The van der Waals surface area contributed by atoms with Gasteiger partial charge in [0.1, 0.15) is 5.76 Å². The summed E-state index contributed by atoms with van der Waals surface area (Å²) in [7, 11) is 0. The van der Waals surface area contributed by atoms with E-state index in [2.05, 4.69) is 0 Å². The molecule has 0 spiro atoms. The molecular weight excluding hydrogens is 392 g/mol. The minimum absolute atomic E-state index is 0.0465. The van der Waals surface area contributed by atoms with Crippen molar-refractivity contribution in [1.82, 2.24) is 4.90 Å². The van der Waals surface area contributed by atoms with Gasteiger partial charge >= 0.3 is 5.97 Å². The van der Waals surface area contributed by atoms with Gasteiger partial charge in [0.2, 0.25) is 0 Å². The van der Waals surface area contributed by atoms with E-state index in [4.69, 9.17) is 5.11 Å². The monoisotopic (exact) mass is 410 g/mol. The fraction of sp³-hybridized carbons (Fsp3) is 0.190. The first-order valence-corrected chi connectivity index (χ1v) is 9.12. The first kappa shape index (κ1) is 20.7. The average Bonchev–Trinajstić information content (AvgIpc) is 2.98. The van der Waals surface area contributed by atoms with E-state index in [9.17, 15) is 29.6 Å². The van der Waals surface area contributed by atoms with Gasteiger partial charge < -0.3 is 15.1 Å². The zero-order valence-corrected chi connectivity index (χ0v) is 15.7. The second kappa shape index (κ2) is 8.56. The highest BCUT2D eigenvalue weighted by Gasteiger charge is 2.47. The Hall–Kier alpha value is -4.01. The molecule has 30 heavy (non-hydrogen) atoms. The van der Waals surface area contributed by atoms with Crippen LogP contribution in [-0.4, -0.2) is 44.2 Å². The summed E-state index contributed by atoms with van der Waals surface area (Å²) in [5.74, 6) is -3.44. The van der Waals surface area contributed by atoms with Crippen LogP contribution in [-0.2, 0) is 14.4 Å². The highest BCUT2D eigenvalue weighted by Crippen LogP contribution is 2.42. The molecule has 1 atom stereocenters. The fourth-order valence-corrected chi connectivity index (χ4v) is 3.47. The summed E-state index contributed by atoms with van der Waals surface area (Å²) < 4.78 is 0. The standard InChI is InChI=1S/C21H18N2O7/c24-16(25)11-6-12-22-18(14-9-4-5-10-15(14)23(29)30)17(20(27)21(22)28)19(26)13-7-2-1-3-8-13/h1-5,7-10,18,26H,6,11-12H2,(H,24,25)/t18-/m0/s1. The van der Waals surface area contributed by atoms with Crippen LogP contribution >= 0.6 is 0 Å². The molecule has 9 heteroatoms. The maximum absolute atomic E-state index is 12.8. The Morgan fingerprint density at radius 2 is 1.67 bits per heavy atom. The maximum Gasteiger partial charge on any atom is 0.303 e. The Morgan fingerprint density at radius 1 is 1.03 bits per heavy atom. The number of hydrogen-bond donors (Lipinski definition) is 2. The predicted octanol–water partition coefficient (Wildman–Crippen LogP) is 2.88. The lowest BCUT2D eigenvalue weighted by Gasteiger charge is -2.24. The van der Waals surface area contributed by atoms with Crippen molar-refractivity contribution in [2.75, 3.05) is 6.54 Å². The average molecular weight is 410 g/mol. The van der Waals surface area contributed by atoms with Crippen LogP contribution in [0.15, 0.2) is 60.2 Å². The number of nitrogens with zero attached hydrogens (tertiary/aromatic N) is 2. The number of nitro groups is 1. The predicted molar refractivity (Wildman–Crippen MR) is 105 cm³/mol. The van der Waals surface area contributed by atoms with E-state index in [1.807, 2.05) is 0 Å². The van der Waals surface area contributed by atoms with Crippen molar-refractivity contribution in [3.05, 3.63) is 81.4 Å². The van der Waals surface area contributed by atoms with Crippen molar-refractivity contribution < 1.29 is 29.5 Å². The quantitative estimate of drug-likeness (QED) is 0.235. The van der Waals surface area contributed by atoms with Crippen LogP contribution in [0.4, 0.5) is 5.69 Å². The fourth-order valence-electron chi connectivity index (χ4n) is 3.47. The minimum atomic E-state index is -1.21. The van der Waals surface area contributed by atoms with Gasteiger partial charge in [0.25, 0.3) is 17.4 Å². The molecular formula is C21H18N2O7. The lowest BCUT2D eigenvalue weighted by Crippen LogP contribution is -2.31. The van der Waals surface area contributed by atoms with E-state index in [-0.39, 0.29) is 41.8 Å². The molecule has 154 valence electrons. The molecule has 0 unspecified atom stereocenters. The van der Waals surface area contributed by atoms with Crippen LogP contribution < -0.4 is 0 Å². The summed E-state index contributed by atoms with van der Waals surface area (Å²) in [4.78, 5) is 48.4. The van der Waals surface area contributed by atoms with Gasteiger partial charge in [-0.05, 0) is 12.5 Å². The first-order valence-electron chi connectivity index (χ1n) is 9.12. The number of carboxylic acid groups (broad SMARTS) is 1. The number of benzene rings is 2. The lowest BCUT2D eigenvalue weighted by atomic mass is 9.94. The van der Waals surface area contributed by atoms with Gasteiger partial charge in [-0.1, -0.05) is 42.5 Å². The Morgan fingerprint density at radius 3 is 2.30 bits per heavy atom. The number of para-hydroxylation sites is 1. The van der Waals surface area contributed by atoms with E-state index in [0.717, 1.165) is 4.90 Å². The molecule has 1 amide bonds. The number of carboxylic acids is 1. The summed E-state index contributed by atoms with van der Waals surface area (Å²) in [5, 5.41) is 31.3. The first-order chi connectivity index (χ1) is 14.3. The number of aliphatic carboxylic acids is 1. The summed E-state index contributed by atoms with van der Waals surface area (Å²) in [6.45, 7) is -0.112. The number of nitro benzene ring substituents is 1. The molecule has 1 aliphatic rings. The molecule has 0 radical (unpaired) electrons. The van der Waals surface area contributed by atoms with Gasteiger partial charge in [0.05, 0.1) is 22.1 Å². The normalized spacial score (nSPS) is 17.9. The van der Waals surface area contributed by atoms with Crippen LogP contribution in [0.1, 0.15) is 30.0 Å². The summed E-state index contributed by atoms with van der Waals surface area (Å²) in [6, 6.07) is 12.5. The second-order valence-electron chi connectivity index (χ2n) is 6.67. The van der Waals surface area contributed by atoms with Crippen LogP contribution in [0.2, 0.25) is 0 Å². The topological polar surface area (TPSA) is 138 Å². The van der Waals surface area contributed by atoms with E-state index < -0.39 is 34.4 Å². The zero-order valence-electron chi connectivity index (χ0n) is 15.7. The van der Waals surface area contributed by atoms with E-state index in [1.165, 1.54) is 24.3 Å². The van der Waals surface area contributed by atoms with Crippen molar-refractivity contribution in [2.24, 2.45) is 0 Å². The Labute approximate surface area is 171 Å². The third-order valence-electron chi connectivity index (χ3n) is 4.80. The molecule has 0 aromatic heterocycles. The zero-order chi connectivity index (χ0) is 21.8. The van der Waals surface area contributed by atoms with E-state index >= 15 is 0 Å². The molecule has 2 aromatic rings. The number of carbonyl (C=O) groups is 3. The van der Waals surface area contributed by atoms with Crippen molar-refractivity contribution in [1.29, 1.82) is 0 Å². The largest absolute Gasteiger partial charge is 0.507 e. The number of likely N-dealkylation sites (tertiary alicyclic amines) is 1. The van der Waals surface area contributed by atoms with Gasteiger partial charge in [0, 0.05) is 24.6 Å². The summed E-state index contributed by atoms with van der Waals surface area (Å²) in [6.07, 6.45) is -0.198. The molecule has 0 bridgehead atoms. The molecule has 1 aliphatic heterocycles. The van der Waals surface area contributed by atoms with Crippen molar-refractivity contribution in [3.8, 4) is 0 Å². The number of hydrogen-bond acceptors (Lipinski definition) is 6. The Kier molecular flexibility index (Phi) is 5.91. The molecule has 9 nitrogen and oxygen atoms in total. The van der Waals surface area contributed by atoms with Gasteiger partial charge in [-0.3, -0.25) is 24.5 Å². The molecule has 0 saturated carbocycles. The molecule has 1 fully saturated rings. The van der Waals surface area contributed by atoms with Crippen molar-refractivity contribution >= 4 is 29.1 Å². The third kappa shape index (κ3) is 3.90.